The van der Waals surface area contributed by atoms with Gasteiger partial charge in [0.25, 0.3) is 0 Å². The van der Waals surface area contributed by atoms with Gasteiger partial charge in [-0.2, -0.15) is 34.4 Å². The van der Waals surface area contributed by atoms with E-state index >= 15 is 0 Å². The molecule has 0 saturated carbocycles. The van der Waals surface area contributed by atoms with Crippen molar-refractivity contribution < 1.29 is 38.6 Å². The van der Waals surface area contributed by atoms with Crippen molar-refractivity contribution >= 4 is 0 Å². The maximum atomic E-state index is 2.12. The van der Waals surface area contributed by atoms with Crippen LogP contribution in [0.3, 0.4) is 0 Å². The van der Waals surface area contributed by atoms with Crippen LogP contribution in [-0.2, 0) is 26.2 Å². The summed E-state index contributed by atoms with van der Waals surface area (Å²) >= 11 is 0. The van der Waals surface area contributed by atoms with E-state index in [2.05, 4.69) is 64.1 Å². The van der Waals surface area contributed by atoms with Crippen molar-refractivity contribution in [2.45, 2.75) is 27.7 Å². The molecule has 2 heteroatoms. The van der Waals surface area contributed by atoms with Gasteiger partial charge in [-0.15, -0.1) is 0 Å². The van der Waals surface area contributed by atoms with Crippen molar-refractivity contribution in [2.75, 3.05) is 0 Å². The normalized spacial score (nSPS) is 7.76. The molecule has 0 unspecified atom stereocenters. The zero-order valence-corrected chi connectivity index (χ0v) is 14.6. The molecule has 0 amide bonds. The molecular formula is C15H21ClZr. The molecule has 0 atom stereocenters. The van der Waals surface area contributed by atoms with Crippen LogP contribution in [0, 0.1) is 35.1 Å². The SMILES string of the molecule is Cc1ccc[c-]1C.Cc1ccc[c-]1C.[CH3-].[Cl-].[Zr+4]. The van der Waals surface area contributed by atoms with Gasteiger partial charge < -0.3 is 19.8 Å². The molecule has 17 heavy (non-hydrogen) atoms. The zero-order valence-electron chi connectivity index (χ0n) is 11.3. The monoisotopic (exact) mass is 326 g/mol. The van der Waals surface area contributed by atoms with Crippen molar-refractivity contribution in [3.05, 3.63) is 66.1 Å². The van der Waals surface area contributed by atoms with E-state index in [4.69, 9.17) is 0 Å². The Balaban J connectivity index is -0.000000196. The van der Waals surface area contributed by atoms with Gasteiger partial charge >= 0.3 is 26.2 Å². The fraction of sp³-hybridized carbons (Fsp3) is 0.267. The molecule has 92 valence electrons. The summed E-state index contributed by atoms with van der Waals surface area (Å²) in [4.78, 5) is 0. The Bertz CT molecular complexity index is 314. The molecule has 0 heterocycles. The summed E-state index contributed by atoms with van der Waals surface area (Å²) in [6.07, 6.45) is 0. The van der Waals surface area contributed by atoms with Gasteiger partial charge in [0.1, 0.15) is 0 Å². The maximum absolute atomic E-state index is 2.12. The van der Waals surface area contributed by atoms with Crippen LogP contribution in [0.2, 0.25) is 0 Å². The van der Waals surface area contributed by atoms with Crippen LogP contribution in [0.5, 0.6) is 0 Å². The van der Waals surface area contributed by atoms with E-state index in [0.29, 0.717) is 0 Å². The van der Waals surface area contributed by atoms with E-state index in [0.717, 1.165) is 0 Å². The van der Waals surface area contributed by atoms with Crippen LogP contribution in [0.15, 0.2) is 36.4 Å². The Morgan fingerprint density at radius 2 is 1.12 bits per heavy atom. The van der Waals surface area contributed by atoms with E-state index in [-0.39, 0.29) is 46.0 Å². The smallest absolute Gasteiger partial charge is 1.00 e. The first-order valence-corrected chi connectivity index (χ1v) is 4.99. The van der Waals surface area contributed by atoms with Gasteiger partial charge in [0.05, 0.1) is 0 Å². The second-order valence-electron chi connectivity index (χ2n) is 3.78. The van der Waals surface area contributed by atoms with Gasteiger partial charge in [-0.25, -0.2) is 24.3 Å². The summed E-state index contributed by atoms with van der Waals surface area (Å²) in [6, 6.07) is 12.6. The molecule has 0 aromatic heterocycles. The van der Waals surface area contributed by atoms with E-state index < -0.39 is 0 Å². The number of hydrogen-bond donors (Lipinski definition) is 0. The van der Waals surface area contributed by atoms with Crippen LogP contribution in [0.4, 0.5) is 0 Å². The molecule has 0 bridgehead atoms. The molecule has 2 aromatic rings. The summed E-state index contributed by atoms with van der Waals surface area (Å²) in [5.41, 5.74) is 5.56. The molecule has 0 aliphatic rings. The largest absolute Gasteiger partial charge is 4.00 e. The molecule has 0 aliphatic carbocycles. The number of aryl methyl sites for hydroxylation is 4. The number of halogens is 1. The van der Waals surface area contributed by atoms with Gasteiger partial charge in [0.2, 0.25) is 0 Å². The van der Waals surface area contributed by atoms with Crippen molar-refractivity contribution in [1.29, 1.82) is 0 Å². The fourth-order valence-corrected chi connectivity index (χ4v) is 1.20. The average molecular weight is 328 g/mol. The van der Waals surface area contributed by atoms with Crippen molar-refractivity contribution in [3.63, 3.8) is 0 Å². The molecular weight excluding hydrogens is 307 g/mol. The molecule has 2 rings (SSSR count). The first-order valence-electron chi connectivity index (χ1n) is 4.99. The Kier molecular flexibility index (Phi) is 14.3. The Morgan fingerprint density at radius 3 is 1.18 bits per heavy atom. The summed E-state index contributed by atoms with van der Waals surface area (Å²) in [6.45, 7) is 8.48. The van der Waals surface area contributed by atoms with Crippen molar-refractivity contribution in [1.82, 2.24) is 0 Å². The second-order valence-corrected chi connectivity index (χ2v) is 3.78. The summed E-state index contributed by atoms with van der Waals surface area (Å²) < 4.78 is 0. The van der Waals surface area contributed by atoms with Gasteiger partial charge in [0.15, 0.2) is 0 Å². The minimum absolute atomic E-state index is 0. The zero-order chi connectivity index (χ0) is 10.6. The van der Waals surface area contributed by atoms with Crippen LogP contribution < -0.4 is 12.4 Å². The molecule has 0 fully saturated rings. The topological polar surface area (TPSA) is 0 Å². The Hall–Kier alpha value is -0.127. The van der Waals surface area contributed by atoms with E-state index in [1.807, 2.05) is 0 Å². The molecule has 0 N–H and O–H groups in total. The van der Waals surface area contributed by atoms with E-state index in [1.54, 1.807) is 0 Å². The maximum Gasteiger partial charge on any atom is 4.00 e. The van der Waals surface area contributed by atoms with Gasteiger partial charge in [-0.05, 0) is 0 Å². The summed E-state index contributed by atoms with van der Waals surface area (Å²) in [5.74, 6) is 0. The summed E-state index contributed by atoms with van der Waals surface area (Å²) in [7, 11) is 0. The molecule has 0 spiro atoms. The third kappa shape index (κ3) is 7.74. The van der Waals surface area contributed by atoms with Gasteiger partial charge in [-0.1, -0.05) is 27.7 Å². The standard InChI is InChI=1S/2C7H9.CH3.ClH.Zr/c2*1-6-4-3-5-7(6)2;;;/h2*3-5H,1-2H3;1H3;1H;/q3*-1;;+4/p-1. The minimum Gasteiger partial charge on any atom is -1.00 e. The first-order chi connectivity index (χ1) is 6.61. The quantitative estimate of drug-likeness (QED) is 0.643. The Labute approximate surface area is 132 Å². The first kappa shape index (κ1) is 22.1. The van der Waals surface area contributed by atoms with Crippen LogP contribution in [0.25, 0.3) is 0 Å². The molecule has 2 aromatic carbocycles. The van der Waals surface area contributed by atoms with Crippen molar-refractivity contribution in [2.24, 2.45) is 0 Å². The average Bonchev–Trinajstić information content (AvgIpc) is 2.67. The predicted molar refractivity (Wildman–Crippen MR) is 69.4 cm³/mol. The molecule has 0 aliphatic heterocycles. The third-order valence-corrected chi connectivity index (χ3v) is 2.63. The third-order valence-electron chi connectivity index (χ3n) is 2.63. The number of hydrogen-bond acceptors (Lipinski definition) is 0. The van der Waals surface area contributed by atoms with E-state index in [1.165, 1.54) is 22.3 Å². The predicted octanol–water partition coefficient (Wildman–Crippen LogP) is 1.50. The molecule has 0 radical (unpaired) electrons. The number of rotatable bonds is 0. The summed E-state index contributed by atoms with van der Waals surface area (Å²) in [5, 5.41) is 0. The van der Waals surface area contributed by atoms with Crippen LogP contribution in [-0.4, -0.2) is 0 Å². The Morgan fingerprint density at radius 1 is 0.824 bits per heavy atom. The van der Waals surface area contributed by atoms with Gasteiger partial charge in [-0.3, -0.25) is 0 Å². The molecule has 0 saturated heterocycles. The minimum atomic E-state index is 0. The molecule has 0 nitrogen and oxygen atoms in total. The fourth-order valence-electron chi connectivity index (χ4n) is 1.20. The van der Waals surface area contributed by atoms with Crippen LogP contribution >= 0.6 is 0 Å². The van der Waals surface area contributed by atoms with Crippen molar-refractivity contribution in [3.8, 4) is 0 Å². The van der Waals surface area contributed by atoms with Crippen LogP contribution in [0.1, 0.15) is 22.3 Å². The van der Waals surface area contributed by atoms with Gasteiger partial charge in [0, 0.05) is 0 Å². The second kappa shape index (κ2) is 11.0. The van der Waals surface area contributed by atoms with E-state index in [9.17, 15) is 0 Å².